The van der Waals surface area contributed by atoms with Crippen LogP contribution < -0.4 is 15.8 Å². The Labute approximate surface area is 457 Å². The number of rotatable bonds is 41. The molecule has 1 aromatic carbocycles. The van der Waals surface area contributed by atoms with Gasteiger partial charge in [0, 0.05) is 96.5 Å². The molecular formula is C60H84N8O9. The third-order valence-electron chi connectivity index (χ3n) is 12.0. The van der Waals surface area contributed by atoms with Crippen LogP contribution in [0.15, 0.2) is 116 Å². The minimum absolute atomic E-state index is 0.0178. The number of hydrogen-bond acceptors (Lipinski definition) is 16. The fourth-order valence-electron chi connectivity index (χ4n) is 8.28. The minimum atomic E-state index is -0.535. The molecule has 3 N–H and O–H groups in total. The Hall–Kier alpha value is -6.05. The first-order valence-corrected chi connectivity index (χ1v) is 27.3. The van der Waals surface area contributed by atoms with Crippen LogP contribution in [0.5, 0.6) is 5.75 Å². The maximum Gasteiger partial charge on any atom is 0.407 e. The Bertz CT molecular complexity index is 2180. The van der Waals surface area contributed by atoms with E-state index in [1.54, 1.807) is 0 Å². The second-order valence-electron chi connectivity index (χ2n) is 20.1. The van der Waals surface area contributed by atoms with Crippen LogP contribution in [0.2, 0.25) is 0 Å². The Morgan fingerprint density at radius 1 is 0.519 bits per heavy atom. The molecule has 1 atom stereocenters. The number of unbranched alkanes of at least 4 members (excludes halogenated alkanes) is 3. The third kappa shape index (κ3) is 28.8. The normalized spacial score (nSPS) is 12.0. The number of amides is 1. The smallest absolute Gasteiger partial charge is 0.407 e. The van der Waals surface area contributed by atoms with Gasteiger partial charge in [0.1, 0.15) is 22.9 Å². The highest BCUT2D eigenvalue weighted by atomic mass is 16.6. The van der Waals surface area contributed by atoms with Gasteiger partial charge in [0.2, 0.25) is 0 Å². The second kappa shape index (κ2) is 36.9. The number of nitrogens with zero attached hydrogens (tertiary/aromatic N) is 6. The van der Waals surface area contributed by atoms with E-state index in [9.17, 15) is 14.4 Å². The number of pyridine rings is 4. The molecule has 17 nitrogen and oxygen atoms in total. The number of carbonyl (C=O) groups excluding carboxylic acids is 3. The first kappa shape index (κ1) is 61.8. The van der Waals surface area contributed by atoms with Gasteiger partial charge in [0.05, 0.1) is 81.7 Å². The molecule has 0 bridgehead atoms. The van der Waals surface area contributed by atoms with Gasteiger partial charge in [0.25, 0.3) is 0 Å². The molecule has 0 saturated heterocycles. The summed E-state index contributed by atoms with van der Waals surface area (Å²) in [6, 6.07) is 30.1. The maximum atomic E-state index is 12.7. The fraction of sp³-hybridized carbons (Fsp3) is 0.517. The molecule has 5 rings (SSSR count). The van der Waals surface area contributed by atoms with Gasteiger partial charge >= 0.3 is 6.09 Å². The molecule has 4 aromatic heterocycles. The van der Waals surface area contributed by atoms with E-state index < -0.39 is 17.7 Å². The highest BCUT2D eigenvalue weighted by Gasteiger charge is 2.18. The van der Waals surface area contributed by atoms with Crippen molar-refractivity contribution in [2.75, 3.05) is 66.0 Å². The van der Waals surface area contributed by atoms with Crippen molar-refractivity contribution in [1.82, 2.24) is 35.1 Å². The van der Waals surface area contributed by atoms with Crippen molar-refractivity contribution >= 4 is 17.7 Å². The van der Waals surface area contributed by atoms with Crippen LogP contribution in [0, 0.1) is 0 Å². The van der Waals surface area contributed by atoms with Crippen molar-refractivity contribution < 1.29 is 42.8 Å². The Kier molecular flexibility index (Phi) is 29.6. The van der Waals surface area contributed by atoms with Gasteiger partial charge in [-0.05, 0) is 138 Å². The zero-order valence-corrected chi connectivity index (χ0v) is 45.9. The number of carbonyl (C=O) groups is 3. The zero-order valence-electron chi connectivity index (χ0n) is 45.9. The second-order valence-corrected chi connectivity index (χ2v) is 20.1. The summed E-state index contributed by atoms with van der Waals surface area (Å²) in [5.41, 5.74) is 11.7. The monoisotopic (exact) mass is 1060 g/mol. The van der Waals surface area contributed by atoms with Crippen molar-refractivity contribution in [3.05, 3.63) is 150 Å². The number of aromatic nitrogens is 4. The summed E-state index contributed by atoms with van der Waals surface area (Å²) in [6.07, 6.45) is 13.3. The fourth-order valence-corrected chi connectivity index (χ4v) is 8.28. The van der Waals surface area contributed by atoms with Gasteiger partial charge in [-0.15, -0.1) is 0 Å². The van der Waals surface area contributed by atoms with E-state index >= 15 is 0 Å². The summed E-state index contributed by atoms with van der Waals surface area (Å²) in [4.78, 5) is 60.0. The average molecular weight is 1060 g/mol. The molecule has 77 heavy (non-hydrogen) atoms. The molecule has 0 saturated carbocycles. The number of nitrogens with two attached hydrogens (primary N) is 1. The predicted octanol–water partition coefficient (Wildman–Crippen LogP) is 9.01. The molecule has 0 radical (unpaired) electrons. The lowest BCUT2D eigenvalue weighted by molar-refractivity contribution is -0.121. The van der Waals surface area contributed by atoms with Gasteiger partial charge in [-0.25, -0.2) is 4.79 Å². The third-order valence-corrected chi connectivity index (χ3v) is 12.0. The molecule has 0 fully saturated rings. The van der Waals surface area contributed by atoms with Crippen LogP contribution in [0.25, 0.3) is 0 Å². The van der Waals surface area contributed by atoms with Gasteiger partial charge < -0.3 is 39.5 Å². The van der Waals surface area contributed by atoms with Crippen molar-refractivity contribution in [2.45, 2.75) is 136 Å². The van der Waals surface area contributed by atoms with Crippen molar-refractivity contribution in [2.24, 2.45) is 5.73 Å². The lowest BCUT2D eigenvalue weighted by Gasteiger charge is -2.25. The van der Waals surface area contributed by atoms with E-state index in [-0.39, 0.29) is 11.6 Å². The summed E-state index contributed by atoms with van der Waals surface area (Å²) >= 11 is 0. The highest BCUT2D eigenvalue weighted by Crippen LogP contribution is 2.24. The minimum Gasteiger partial charge on any atom is -0.494 e. The van der Waals surface area contributed by atoms with E-state index in [2.05, 4.69) is 77.5 Å². The molecular weight excluding hydrogens is 977 g/mol. The van der Waals surface area contributed by atoms with Crippen molar-refractivity contribution in [3.8, 4) is 5.75 Å². The van der Waals surface area contributed by atoms with Crippen LogP contribution in [0.4, 0.5) is 4.79 Å². The molecule has 1 amide bonds. The van der Waals surface area contributed by atoms with E-state index in [0.29, 0.717) is 137 Å². The summed E-state index contributed by atoms with van der Waals surface area (Å²) < 4.78 is 34.1. The quantitative estimate of drug-likeness (QED) is 0.0351. The lowest BCUT2D eigenvalue weighted by atomic mass is 10.0. The van der Waals surface area contributed by atoms with Crippen LogP contribution in [-0.4, -0.2) is 125 Å². The van der Waals surface area contributed by atoms with E-state index in [1.807, 2.05) is 94.1 Å². The Morgan fingerprint density at radius 3 is 1.47 bits per heavy atom. The number of nitrogens with one attached hydrogen (secondary N) is 1. The standard InChI is InChI=1S/C60H84N8O9/c1-60(2,3)77-59(71)66-30-15-10-23-57(61)58(70)24-17-31-72-34-36-74-38-39-75-37-35-73-33-25-55(69)22-5-4-16-32-76-56-41-49(43-67(45-51-18-6-11-26-62-51)46-52-19-7-12-27-63-52)40-50(42-56)44-68(47-53-20-8-13-28-64-53)48-54-21-9-14-29-65-54/h6-9,11-14,18-21,26-29,40-42,57H,4-5,10,15-17,22-25,30-39,43-48,61H2,1-3H3,(H,66,71)/t57-/m0/s1. The number of Topliss-reactive ketones (excluding diaryl/α,β-unsaturated/α-hetero) is 2. The topological polar surface area (TPSA) is 203 Å². The molecule has 0 unspecified atom stereocenters. The summed E-state index contributed by atoms with van der Waals surface area (Å²) in [5.74, 6) is 1.02. The predicted molar refractivity (Wildman–Crippen MR) is 296 cm³/mol. The summed E-state index contributed by atoms with van der Waals surface area (Å²) in [7, 11) is 0. The molecule has 0 aliphatic carbocycles. The largest absolute Gasteiger partial charge is 0.494 e. The van der Waals surface area contributed by atoms with E-state index in [4.69, 9.17) is 34.2 Å². The number of alkyl carbamates (subject to hydrolysis) is 1. The molecule has 418 valence electrons. The SMILES string of the molecule is CC(C)(C)OC(=O)NCCCC[C@H](N)C(=O)CCCOCCOCCOCCOCCC(=O)CCCCCOc1cc(CN(Cc2ccccn2)Cc2ccccn2)cc(CN(Cc2ccccn2)Cc2ccccn2)c1. The van der Waals surface area contributed by atoms with Gasteiger partial charge in [-0.1, -0.05) is 30.3 Å². The highest BCUT2D eigenvalue weighted by molar-refractivity contribution is 5.83. The number of hydrogen-bond donors (Lipinski definition) is 2. The van der Waals surface area contributed by atoms with Crippen molar-refractivity contribution in [1.29, 1.82) is 0 Å². The first-order chi connectivity index (χ1) is 37.5. The van der Waals surface area contributed by atoms with Gasteiger partial charge in [-0.3, -0.25) is 39.3 Å². The molecule has 17 heteroatoms. The number of ether oxygens (including phenoxy) is 6. The Morgan fingerprint density at radius 2 is 1.00 bits per heavy atom. The van der Waals surface area contributed by atoms with E-state index in [0.717, 1.165) is 71.8 Å². The molecule has 0 spiro atoms. The maximum absolute atomic E-state index is 12.7. The summed E-state index contributed by atoms with van der Waals surface area (Å²) in [6.45, 7) is 13.8. The van der Waals surface area contributed by atoms with E-state index in [1.165, 1.54) is 0 Å². The summed E-state index contributed by atoms with van der Waals surface area (Å²) in [5, 5.41) is 2.71. The molecule has 0 aliphatic rings. The first-order valence-electron chi connectivity index (χ1n) is 27.3. The van der Waals surface area contributed by atoms with Crippen LogP contribution in [0.1, 0.15) is 119 Å². The number of benzene rings is 1. The van der Waals surface area contributed by atoms with Crippen LogP contribution in [-0.2, 0) is 72.5 Å². The number of ketones is 2. The molecule has 0 aliphatic heterocycles. The Balaban J connectivity index is 0.939. The molecule has 4 heterocycles. The van der Waals surface area contributed by atoms with Crippen LogP contribution in [0.3, 0.4) is 0 Å². The van der Waals surface area contributed by atoms with Crippen LogP contribution >= 0.6 is 0 Å². The van der Waals surface area contributed by atoms with Gasteiger partial charge in [-0.2, -0.15) is 0 Å². The zero-order chi connectivity index (χ0) is 54.6. The van der Waals surface area contributed by atoms with Gasteiger partial charge in [0.15, 0.2) is 0 Å². The molecule has 5 aromatic rings. The average Bonchev–Trinajstić information content (AvgIpc) is 3.41. The van der Waals surface area contributed by atoms with Crippen molar-refractivity contribution in [3.63, 3.8) is 0 Å². The lowest BCUT2D eigenvalue weighted by Crippen LogP contribution is -2.33.